The molecule has 4 aromatic rings. The summed E-state index contributed by atoms with van der Waals surface area (Å²) in [6.07, 6.45) is 2.46. The predicted octanol–water partition coefficient (Wildman–Crippen LogP) is 7.47. The average Bonchev–Trinajstić information content (AvgIpc) is 2.82. The Bertz CT molecular complexity index is 1270. The molecule has 4 rings (SSSR count). The normalized spacial score (nSPS) is 12.1. The molecule has 0 aliphatic rings. The number of halogens is 1. The van der Waals surface area contributed by atoms with Crippen molar-refractivity contribution in [1.29, 1.82) is 0 Å². The summed E-state index contributed by atoms with van der Waals surface area (Å²) in [4.78, 5) is 16.8. The first-order valence-electron chi connectivity index (χ1n) is 11.1. The molecule has 4 nitrogen and oxygen atoms in total. The molecule has 0 radical (unpaired) electrons. The molecule has 1 unspecified atom stereocenters. The molecule has 1 aromatic heterocycles. The second-order valence-electron chi connectivity index (χ2n) is 8.08. The van der Waals surface area contributed by atoms with Gasteiger partial charge in [0.2, 0.25) is 0 Å². The van der Waals surface area contributed by atoms with E-state index in [1.807, 2.05) is 67.6 Å². The molecule has 3 aromatic carbocycles. The van der Waals surface area contributed by atoms with E-state index in [-0.39, 0.29) is 0 Å². The summed E-state index contributed by atoms with van der Waals surface area (Å²) in [6, 6.07) is 21.5. The first kappa shape index (κ1) is 23.0. The fourth-order valence-corrected chi connectivity index (χ4v) is 4.27. The van der Waals surface area contributed by atoms with E-state index < -0.39 is 12.1 Å². The zero-order chi connectivity index (χ0) is 23.4. The number of carbonyl (C=O) groups is 1. The van der Waals surface area contributed by atoms with Crippen LogP contribution in [0.3, 0.4) is 0 Å². The van der Waals surface area contributed by atoms with E-state index in [0.29, 0.717) is 17.2 Å². The smallest absolute Gasteiger partial charge is 0.337 e. The highest BCUT2D eigenvalue weighted by Gasteiger charge is 2.27. The SMILES string of the molecule is CCCCOC(C(=O)O)c1c(C)cc2cc(-c3ccccn3)ccc2c1-c1ccc(Cl)cc1. The molecule has 1 atom stereocenters. The predicted molar refractivity (Wildman–Crippen MR) is 134 cm³/mol. The maximum absolute atomic E-state index is 12.3. The standard InChI is InChI=1S/C28H26ClNO3/c1-3-4-15-33-27(28(31)32)25-18(2)16-21-17-20(24-7-5-6-14-30-24)10-13-23(21)26(25)19-8-11-22(29)12-9-19/h5-14,16-17,27H,3-4,15H2,1-2H3,(H,31,32). The zero-order valence-corrected chi connectivity index (χ0v) is 19.5. The Hall–Kier alpha value is -3.21. The molecule has 0 saturated carbocycles. The van der Waals surface area contributed by atoms with Crippen molar-refractivity contribution in [3.05, 3.63) is 89.1 Å². The number of carboxylic acid groups (broad SMARTS) is 1. The van der Waals surface area contributed by atoms with Gasteiger partial charge in [0.1, 0.15) is 0 Å². The van der Waals surface area contributed by atoms with Crippen molar-refractivity contribution in [3.63, 3.8) is 0 Å². The van der Waals surface area contributed by atoms with Gasteiger partial charge < -0.3 is 9.84 Å². The second-order valence-corrected chi connectivity index (χ2v) is 8.52. The number of aliphatic carboxylic acids is 1. The fraction of sp³-hybridized carbons (Fsp3) is 0.214. The second kappa shape index (κ2) is 10.2. The summed E-state index contributed by atoms with van der Waals surface area (Å²) < 4.78 is 5.90. The molecule has 1 heterocycles. The number of ether oxygens (including phenoxy) is 1. The van der Waals surface area contributed by atoms with Crippen LogP contribution in [0.15, 0.2) is 72.9 Å². The van der Waals surface area contributed by atoms with Crippen molar-refractivity contribution >= 4 is 28.3 Å². The Morgan fingerprint density at radius 1 is 1.06 bits per heavy atom. The summed E-state index contributed by atoms with van der Waals surface area (Å²) >= 11 is 6.15. The summed E-state index contributed by atoms with van der Waals surface area (Å²) in [6.45, 7) is 4.39. The van der Waals surface area contributed by atoms with E-state index >= 15 is 0 Å². The average molecular weight is 460 g/mol. The van der Waals surface area contributed by atoms with Crippen molar-refractivity contribution in [2.75, 3.05) is 6.61 Å². The molecule has 0 spiro atoms. The number of pyridine rings is 1. The number of aromatic nitrogens is 1. The van der Waals surface area contributed by atoms with Gasteiger partial charge in [-0.3, -0.25) is 4.98 Å². The van der Waals surface area contributed by atoms with E-state index in [4.69, 9.17) is 16.3 Å². The van der Waals surface area contributed by atoms with Gasteiger partial charge in [-0.25, -0.2) is 4.79 Å². The van der Waals surface area contributed by atoms with Gasteiger partial charge in [-0.1, -0.05) is 61.3 Å². The third-order valence-corrected chi connectivity index (χ3v) is 6.00. The van der Waals surface area contributed by atoms with Crippen LogP contribution in [-0.2, 0) is 9.53 Å². The minimum Gasteiger partial charge on any atom is -0.479 e. The first-order chi connectivity index (χ1) is 16.0. The summed E-state index contributed by atoms with van der Waals surface area (Å²) in [7, 11) is 0. The molecule has 5 heteroatoms. The van der Waals surface area contributed by atoms with E-state index in [1.165, 1.54) is 0 Å². The maximum atomic E-state index is 12.3. The minimum absolute atomic E-state index is 0.392. The molecule has 0 amide bonds. The van der Waals surface area contributed by atoms with Crippen LogP contribution in [0.4, 0.5) is 0 Å². The molecule has 0 aliphatic carbocycles. The van der Waals surface area contributed by atoms with Gasteiger partial charge in [0, 0.05) is 29.0 Å². The number of fused-ring (bicyclic) bond motifs is 1. The molecule has 168 valence electrons. The molecule has 33 heavy (non-hydrogen) atoms. The minimum atomic E-state index is -1.05. The van der Waals surface area contributed by atoms with Crippen molar-refractivity contribution in [2.24, 2.45) is 0 Å². The maximum Gasteiger partial charge on any atom is 0.337 e. The van der Waals surface area contributed by atoms with Crippen LogP contribution in [0.2, 0.25) is 5.02 Å². The topological polar surface area (TPSA) is 59.4 Å². The van der Waals surface area contributed by atoms with Crippen LogP contribution in [0.5, 0.6) is 0 Å². The van der Waals surface area contributed by atoms with E-state index in [9.17, 15) is 9.90 Å². The number of benzene rings is 3. The Kier molecular flexibility index (Phi) is 7.07. The largest absolute Gasteiger partial charge is 0.479 e. The van der Waals surface area contributed by atoms with Gasteiger partial charge in [-0.05, 0) is 71.1 Å². The number of rotatable bonds is 8. The molecule has 0 fully saturated rings. The van der Waals surface area contributed by atoms with Gasteiger partial charge in [0.25, 0.3) is 0 Å². The molecule has 1 N–H and O–H groups in total. The quantitative estimate of drug-likeness (QED) is 0.277. The lowest BCUT2D eigenvalue weighted by Gasteiger charge is -2.22. The van der Waals surface area contributed by atoms with Gasteiger partial charge in [0.05, 0.1) is 5.69 Å². The Morgan fingerprint density at radius 3 is 2.48 bits per heavy atom. The summed E-state index contributed by atoms with van der Waals surface area (Å²) in [5.41, 5.74) is 5.21. The van der Waals surface area contributed by atoms with Crippen molar-refractivity contribution < 1.29 is 14.6 Å². The monoisotopic (exact) mass is 459 g/mol. The van der Waals surface area contributed by atoms with Crippen molar-refractivity contribution in [1.82, 2.24) is 4.98 Å². The molecule has 0 saturated heterocycles. The molecule has 0 bridgehead atoms. The number of hydrogen-bond acceptors (Lipinski definition) is 3. The summed E-state index contributed by atoms with van der Waals surface area (Å²) in [5, 5.41) is 12.7. The Labute approximate surface area is 198 Å². The number of aryl methyl sites for hydroxylation is 1. The number of nitrogens with zero attached hydrogens (tertiary/aromatic N) is 1. The molecule has 0 aliphatic heterocycles. The van der Waals surface area contributed by atoms with Gasteiger partial charge >= 0.3 is 5.97 Å². The Morgan fingerprint density at radius 2 is 1.82 bits per heavy atom. The lowest BCUT2D eigenvalue weighted by atomic mass is 9.86. The van der Waals surface area contributed by atoms with E-state index in [0.717, 1.165) is 51.6 Å². The van der Waals surface area contributed by atoms with Crippen LogP contribution in [0.1, 0.15) is 37.0 Å². The zero-order valence-electron chi connectivity index (χ0n) is 18.7. The van der Waals surface area contributed by atoms with Crippen LogP contribution >= 0.6 is 11.6 Å². The summed E-state index contributed by atoms with van der Waals surface area (Å²) in [5.74, 6) is -0.992. The highest BCUT2D eigenvalue weighted by atomic mass is 35.5. The van der Waals surface area contributed by atoms with E-state index in [2.05, 4.69) is 18.0 Å². The number of hydrogen-bond donors (Lipinski definition) is 1. The van der Waals surface area contributed by atoms with Gasteiger partial charge in [0.15, 0.2) is 6.10 Å². The lowest BCUT2D eigenvalue weighted by molar-refractivity contribution is -0.151. The highest BCUT2D eigenvalue weighted by Crippen LogP contribution is 2.40. The third kappa shape index (κ3) is 4.92. The van der Waals surface area contributed by atoms with Crippen LogP contribution in [-0.4, -0.2) is 22.7 Å². The number of unbranched alkanes of at least 4 members (excludes halogenated alkanes) is 1. The molecular weight excluding hydrogens is 434 g/mol. The van der Waals surface area contributed by atoms with Gasteiger partial charge in [-0.15, -0.1) is 0 Å². The van der Waals surface area contributed by atoms with E-state index in [1.54, 1.807) is 6.20 Å². The number of carboxylic acids is 1. The fourth-order valence-electron chi connectivity index (χ4n) is 4.14. The third-order valence-electron chi connectivity index (χ3n) is 5.75. The first-order valence-corrected chi connectivity index (χ1v) is 11.5. The van der Waals surface area contributed by atoms with Crippen LogP contribution < -0.4 is 0 Å². The highest BCUT2D eigenvalue weighted by molar-refractivity contribution is 6.30. The van der Waals surface area contributed by atoms with Gasteiger partial charge in [-0.2, -0.15) is 0 Å². The van der Waals surface area contributed by atoms with Crippen molar-refractivity contribution in [3.8, 4) is 22.4 Å². The molecular formula is C28H26ClNO3. The Balaban J connectivity index is 1.96. The van der Waals surface area contributed by atoms with Crippen molar-refractivity contribution in [2.45, 2.75) is 32.8 Å². The van der Waals surface area contributed by atoms with Crippen LogP contribution in [0, 0.1) is 6.92 Å². The van der Waals surface area contributed by atoms with Crippen LogP contribution in [0.25, 0.3) is 33.2 Å². The lowest BCUT2D eigenvalue weighted by Crippen LogP contribution is -2.18.